The minimum Gasteiger partial charge on any atom is -0.435 e. The minimum absolute atomic E-state index is 0.334. The zero-order valence-corrected chi connectivity index (χ0v) is 13.2. The predicted molar refractivity (Wildman–Crippen MR) is 90.6 cm³/mol. The SMILES string of the molecule is C[C@H](O)CCNC(=O)Nc1ccc2nc(-c3ccccn3)oc2c1. The Morgan fingerprint density at radius 1 is 1.33 bits per heavy atom. The molecule has 2 amide bonds. The maximum Gasteiger partial charge on any atom is 0.319 e. The number of anilines is 1. The summed E-state index contributed by atoms with van der Waals surface area (Å²) in [5.74, 6) is 0.434. The number of hydrogen-bond acceptors (Lipinski definition) is 5. The number of benzene rings is 1. The van der Waals surface area contributed by atoms with Crippen LogP contribution in [0.15, 0.2) is 47.0 Å². The first-order chi connectivity index (χ1) is 11.6. The number of carbonyl (C=O) groups excluding carboxylic acids is 1. The molecule has 2 heterocycles. The van der Waals surface area contributed by atoms with Crippen LogP contribution in [0.3, 0.4) is 0 Å². The van der Waals surface area contributed by atoms with Gasteiger partial charge in [0.2, 0.25) is 5.89 Å². The van der Waals surface area contributed by atoms with Gasteiger partial charge in [-0.05, 0) is 37.6 Å². The van der Waals surface area contributed by atoms with Crippen molar-refractivity contribution in [2.75, 3.05) is 11.9 Å². The second-order valence-corrected chi connectivity index (χ2v) is 5.44. The van der Waals surface area contributed by atoms with Gasteiger partial charge in [0, 0.05) is 24.5 Å². The summed E-state index contributed by atoms with van der Waals surface area (Å²) in [7, 11) is 0. The molecule has 0 bridgehead atoms. The van der Waals surface area contributed by atoms with E-state index in [4.69, 9.17) is 4.42 Å². The van der Waals surface area contributed by atoms with E-state index in [2.05, 4.69) is 20.6 Å². The number of nitrogens with zero attached hydrogens (tertiary/aromatic N) is 2. The lowest BCUT2D eigenvalue weighted by Gasteiger charge is -2.08. The Morgan fingerprint density at radius 3 is 2.96 bits per heavy atom. The molecule has 2 aromatic heterocycles. The number of carbonyl (C=O) groups is 1. The highest BCUT2D eigenvalue weighted by atomic mass is 16.3. The molecule has 3 rings (SSSR count). The van der Waals surface area contributed by atoms with Crippen LogP contribution in [0.25, 0.3) is 22.7 Å². The number of fused-ring (bicyclic) bond motifs is 1. The molecule has 1 atom stereocenters. The van der Waals surface area contributed by atoms with Gasteiger partial charge in [-0.15, -0.1) is 0 Å². The highest BCUT2D eigenvalue weighted by Crippen LogP contribution is 2.25. The molecule has 0 fully saturated rings. The number of amides is 2. The number of aliphatic hydroxyl groups excluding tert-OH is 1. The number of rotatable bonds is 5. The first-order valence-corrected chi connectivity index (χ1v) is 7.67. The molecule has 3 aromatic rings. The van der Waals surface area contributed by atoms with Crippen molar-refractivity contribution in [1.29, 1.82) is 0 Å². The molecule has 7 nitrogen and oxygen atoms in total. The molecular formula is C17H18N4O3. The number of hydrogen-bond donors (Lipinski definition) is 3. The average molecular weight is 326 g/mol. The van der Waals surface area contributed by atoms with E-state index in [0.717, 1.165) is 0 Å². The molecule has 0 aliphatic carbocycles. The van der Waals surface area contributed by atoms with E-state index >= 15 is 0 Å². The quantitative estimate of drug-likeness (QED) is 0.669. The molecule has 0 spiro atoms. The van der Waals surface area contributed by atoms with Gasteiger partial charge in [0.05, 0.1) is 6.10 Å². The van der Waals surface area contributed by atoms with Crippen LogP contribution < -0.4 is 10.6 Å². The predicted octanol–water partition coefficient (Wildman–Crippen LogP) is 2.78. The van der Waals surface area contributed by atoms with Crippen LogP contribution in [-0.2, 0) is 0 Å². The van der Waals surface area contributed by atoms with Crippen molar-refractivity contribution < 1.29 is 14.3 Å². The van der Waals surface area contributed by atoms with Crippen LogP contribution in [-0.4, -0.2) is 33.8 Å². The molecule has 24 heavy (non-hydrogen) atoms. The lowest BCUT2D eigenvalue weighted by Crippen LogP contribution is -2.30. The van der Waals surface area contributed by atoms with Crippen LogP contribution in [0.2, 0.25) is 0 Å². The second-order valence-electron chi connectivity index (χ2n) is 5.44. The summed E-state index contributed by atoms with van der Waals surface area (Å²) in [4.78, 5) is 20.4. The van der Waals surface area contributed by atoms with E-state index in [-0.39, 0.29) is 6.03 Å². The molecule has 3 N–H and O–H groups in total. The Bertz CT molecular complexity index is 830. The van der Waals surface area contributed by atoms with Gasteiger partial charge >= 0.3 is 6.03 Å². The van der Waals surface area contributed by atoms with Gasteiger partial charge < -0.3 is 20.2 Å². The van der Waals surface area contributed by atoms with E-state index in [1.807, 2.05) is 18.2 Å². The molecule has 7 heteroatoms. The average Bonchev–Trinajstić information content (AvgIpc) is 2.98. The number of oxazole rings is 1. The number of pyridine rings is 1. The van der Waals surface area contributed by atoms with Gasteiger partial charge in [-0.3, -0.25) is 4.98 Å². The highest BCUT2D eigenvalue weighted by molar-refractivity contribution is 5.91. The number of nitrogens with one attached hydrogen (secondary N) is 2. The van der Waals surface area contributed by atoms with Crippen LogP contribution in [0.1, 0.15) is 13.3 Å². The lowest BCUT2D eigenvalue weighted by molar-refractivity contribution is 0.184. The zero-order valence-electron chi connectivity index (χ0n) is 13.2. The van der Waals surface area contributed by atoms with Gasteiger partial charge in [-0.2, -0.15) is 0 Å². The number of urea groups is 1. The van der Waals surface area contributed by atoms with E-state index in [1.165, 1.54) is 0 Å². The standard InChI is InChI=1S/C17H18N4O3/c1-11(22)7-9-19-17(23)20-12-5-6-13-15(10-12)24-16(21-13)14-4-2-3-8-18-14/h2-6,8,10-11,22H,7,9H2,1H3,(H2,19,20,23)/t11-/m0/s1. The van der Waals surface area contributed by atoms with Crippen LogP contribution in [0, 0.1) is 0 Å². The third kappa shape index (κ3) is 3.88. The Kier molecular flexibility index (Phi) is 4.72. The van der Waals surface area contributed by atoms with Gasteiger partial charge in [0.1, 0.15) is 11.2 Å². The van der Waals surface area contributed by atoms with Crippen molar-refractivity contribution in [2.24, 2.45) is 0 Å². The van der Waals surface area contributed by atoms with Crippen molar-refractivity contribution in [3.05, 3.63) is 42.6 Å². The van der Waals surface area contributed by atoms with Crippen LogP contribution in [0.5, 0.6) is 0 Å². The normalized spacial score (nSPS) is 12.1. The topological polar surface area (TPSA) is 100 Å². The smallest absolute Gasteiger partial charge is 0.319 e. The third-order valence-corrected chi connectivity index (χ3v) is 3.38. The maximum atomic E-state index is 11.8. The van der Waals surface area contributed by atoms with Crippen molar-refractivity contribution in [3.8, 4) is 11.6 Å². The monoisotopic (exact) mass is 326 g/mol. The third-order valence-electron chi connectivity index (χ3n) is 3.38. The lowest BCUT2D eigenvalue weighted by atomic mass is 10.3. The molecular weight excluding hydrogens is 308 g/mol. The fourth-order valence-electron chi connectivity index (χ4n) is 2.17. The molecule has 1 aromatic carbocycles. The fraction of sp³-hybridized carbons (Fsp3) is 0.235. The molecule has 0 aliphatic heterocycles. The number of aromatic nitrogens is 2. The Labute approximate surface area is 138 Å². The number of aliphatic hydroxyl groups is 1. The van der Waals surface area contributed by atoms with E-state index in [1.54, 1.807) is 31.3 Å². The Morgan fingerprint density at radius 2 is 2.21 bits per heavy atom. The largest absolute Gasteiger partial charge is 0.435 e. The maximum absolute atomic E-state index is 11.8. The van der Waals surface area contributed by atoms with Crippen LogP contribution in [0.4, 0.5) is 10.5 Å². The second kappa shape index (κ2) is 7.10. The van der Waals surface area contributed by atoms with Gasteiger partial charge in [-0.25, -0.2) is 9.78 Å². The Hall–Kier alpha value is -2.93. The van der Waals surface area contributed by atoms with Gasteiger partial charge in [-0.1, -0.05) is 6.07 Å². The van der Waals surface area contributed by atoms with Gasteiger partial charge in [0.15, 0.2) is 5.58 Å². The molecule has 0 aliphatic rings. The van der Waals surface area contributed by atoms with Crippen molar-refractivity contribution in [2.45, 2.75) is 19.4 Å². The molecule has 0 unspecified atom stereocenters. The van der Waals surface area contributed by atoms with Crippen molar-refractivity contribution in [3.63, 3.8) is 0 Å². The van der Waals surface area contributed by atoms with Crippen LogP contribution >= 0.6 is 0 Å². The summed E-state index contributed by atoms with van der Waals surface area (Å²) in [6.45, 7) is 2.08. The van der Waals surface area contributed by atoms with E-state index < -0.39 is 6.10 Å². The van der Waals surface area contributed by atoms with Crippen molar-refractivity contribution in [1.82, 2.24) is 15.3 Å². The van der Waals surface area contributed by atoms with Crippen molar-refractivity contribution >= 4 is 22.8 Å². The summed E-state index contributed by atoms with van der Waals surface area (Å²) < 4.78 is 5.71. The first-order valence-electron chi connectivity index (χ1n) is 7.67. The summed E-state index contributed by atoms with van der Waals surface area (Å²) in [5.41, 5.74) is 2.51. The highest BCUT2D eigenvalue weighted by Gasteiger charge is 2.10. The molecule has 0 saturated heterocycles. The molecule has 0 saturated carbocycles. The summed E-state index contributed by atoms with van der Waals surface area (Å²) in [5, 5.41) is 14.6. The summed E-state index contributed by atoms with van der Waals surface area (Å²) in [6, 6.07) is 10.4. The summed E-state index contributed by atoms with van der Waals surface area (Å²) >= 11 is 0. The zero-order chi connectivity index (χ0) is 16.9. The fourth-order valence-corrected chi connectivity index (χ4v) is 2.17. The first kappa shape index (κ1) is 15.9. The summed E-state index contributed by atoms with van der Waals surface area (Å²) in [6.07, 6.45) is 1.73. The van der Waals surface area contributed by atoms with Gasteiger partial charge in [0.25, 0.3) is 0 Å². The minimum atomic E-state index is -0.444. The Balaban J connectivity index is 1.71. The van der Waals surface area contributed by atoms with E-state index in [0.29, 0.717) is 41.3 Å². The van der Waals surface area contributed by atoms with E-state index in [9.17, 15) is 9.90 Å². The molecule has 124 valence electrons. The molecule has 0 radical (unpaired) electrons.